The summed E-state index contributed by atoms with van der Waals surface area (Å²) < 4.78 is 0.787. The van der Waals surface area contributed by atoms with Crippen molar-refractivity contribution in [3.8, 4) is 28.3 Å². The smallest absolute Gasteiger partial charge is 0.162 e. The van der Waals surface area contributed by atoms with Crippen molar-refractivity contribution < 1.29 is 9.59 Å². The summed E-state index contributed by atoms with van der Waals surface area (Å²) in [6, 6.07) is 15.9. The largest absolute Gasteiger partial charge is 0.508 e. The van der Waals surface area contributed by atoms with Gasteiger partial charge in [0.2, 0.25) is 0 Å². The molecule has 0 aliphatic carbocycles. The Morgan fingerprint density at radius 2 is 1.63 bits per heavy atom. The van der Waals surface area contributed by atoms with E-state index in [0.717, 1.165) is 39.4 Å². The van der Waals surface area contributed by atoms with Crippen LogP contribution in [0.15, 0.2) is 48.5 Å². The van der Waals surface area contributed by atoms with Gasteiger partial charge in [-0.1, -0.05) is 57.2 Å². The zero-order valence-corrected chi connectivity index (χ0v) is 17.2. The summed E-state index contributed by atoms with van der Waals surface area (Å²) in [7, 11) is 6.44. The van der Waals surface area contributed by atoms with Gasteiger partial charge in [-0.25, -0.2) is 4.98 Å². The number of phenols is 1. The number of phenolic OH excluding ortho intramolecular Hbond substituents is 1. The van der Waals surface area contributed by atoms with Gasteiger partial charge < -0.3 is 14.6 Å². The normalized spacial score (nSPS) is 12.4. The van der Waals surface area contributed by atoms with Crippen molar-refractivity contribution in [1.29, 1.82) is 0 Å². The predicted octanol–water partition coefficient (Wildman–Crippen LogP) is 4.95. The first-order valence-electron chi connectivity index (χ1n) is 9.32. The van der Waals surface area contributed by atoms with Gasteiger partial charge in [0.05, 0.1) is 32.5 Å². The lowest BCUT2D eigenvalue weighted by Crippen LogP contribution is -2.33. The number of hydrogen-bond acceptors (Lipinski definition) is 2. The molecule has 1 heterocycles. The summed E-state index contributed by atoms with van der Waals surface area (Å²) >= 11 is 0. The lowest BCUT2D eigenvalue weighted by atomic mass is 9.86. The summed E-state index contributed by atoms with van der Waals surface area (Å²) in [5.74, 6) is 1.19. The molecular formula is C23H30N3O+. The van der Waals surface area contributed by atoms with E-state index in [9.17, 15) is 5.11 Å². The first kappa shape index (κ1) is 19.2. The topological polar surface area (TPSA) is 48.9 Å². The van der Waals surface area contributed by atoms with Crippen LogP contribution in [0.25, 0.3) is 22.5 Å². The summed E-state index contributed by atoms with van der Waals surface area (Å²) in [6.45, 7) is 7.45. The quantitative estimate of drug-likeness (QED) is 0.643. The number of quaternary nitrogens is 1. The highest BCUT2D eigenvalue weighted by Crippen LogP contribution is 2.33. The van der Waals surface area contributed by atoms with E-state index in [1.54, 1.807) is 12.1 Å². The highest BCUT2D eigenvalue weighted by atomic mass is 16.3. The molecule has 0 saturated carbocycles. The minimum absolute atomic E-state index is 0.120. The summed E-state index contributed by atoms with van der Waals surface area (Å²) in [5.41, 5.74) is 5.30. The molecule has 2 N–H and O–H groups in total. The number of aromatic hydroxyl groups is 1. The van der Waals surface area contributed by atoms with Gasteiger partial charge in [0, 0.05) is 11.1 Å². The maximum atomic E-state index is 9.91. The fourth-order valence-corrected chi connectivity index (χ4v) is 3.15. The van der Waals surface area contributed by atoms with Gasteiger partial charge in [-0.3, -0.25) is 0 Å². The summed E-state index contributed by atoms with van der Waals surface area (Å²) in [4.78, 5) is 8.39. The van der Waals surface area contributed by atoms with E-state index in [0.29, 0.717) is 0 Å². The van der Waals surface area contributed by atoms with E-state index in [1.807, 2.05) is 12.1 Å². The van der Waals surface area contributed by atoms with E-state index >= 15 is 0 Å². The number of aromatic amines is 1. The number of nitrogens with one attached hydrogen (secondary N) is 1. The first-order valence-corrected chi connectivity index (χ1v) is 9.32. The minimum Gasteiger partial charge on any atom is -0.508 e. The SMILES string of the molecule is CC(C)(C)c1ccc(-c2[nH]c(C[N+](C)(C)C)nc2-c2cccc(O)c2)cc1. The third kappa shape index (κ3) is 4.58. The number of benzene rings is 2. The third-order valence-corrected chi connectivity index (χ3v) is 4.54. The standard InChI is InChI=1S/C23H29N3O/c1-23(2,3)18-12-10-16(11-13-18)21-22(17-8-7-9-19(27)14-17)25-20(24-21)15-26(4,5)6/h7-14H,15H2,1-6H3,(H-,24,25,27)/p+1. The molecule has 0 fully saturated rings. The number of imidazole rings is 1. The molecule has 3 aromatic rings. The Kier molecular flexibility index (Phi) is 4.87. The van der Waals surface area contributed by atoms with E-state index < -0.39 is 0 Å². The van der Waals surface area contributed by atoms with Crippen LogP contribution in [0, 0.1) is 0 Å². The molecular weight excluding hydrogens is 334 g/mol. The van der Waals surface area contributed by atoms with Crippen LogP contribution in [0.3, 0.4) is 0 Å². The molecule has 4 nitrogen and oxygen atoms in total. The van der Waals surface area contributed by atoms with Gasteiger partial charge in [0.25, 0.3) is 0 Å². The van der Waals surface area contributed by atoms with Crippen LogP contribution in [-0.2, 0) is 12.0 Å². The minimum atomic E-state index is 0.120. The summed E-state index contributed by atoms with van der Waals surface area (Å²) in [6.07, 6.45) is 0. The molecule has 0 spiro atoms. The van der Waals surface area contributed by atoms with Crippen molar-refractivity contribution in [2.45, 2.75) is 32.7 Å². The second-order valence-corrected chi connectivity index (χ2v) is 9.23. The van der Waals surface area contributed by atoms with Gasteiger partial charge in [-0.05, 0) is 23.1 Å². The molecule has 0 saturated heterocycles. The third-order valence-electron chi connectivity index (χ3n) is 4.54. The number of rotatable bonds is 4. The molecule has 4 heteroatoms. The fraction of sp³-hybridized carbons (Fsp3) is 0.348. The van der Waals surface area contributed by atoms with Crippen LogP contribution < -0.4 is 0 Å². The lowest BCUT2D eigenvalue weighted by Gasteiger charge is -2.22. The molecule has 0 atom stereocenters. The van der Waals surface area contributed by atoms with Crippen LogP contribution >= 0.6 is 0 Å². The van der Waals surface area contributed by atoms with Gasteiger partial charge in [-0.2, -0.15) is 0 Å². The second-order valence-electron chi connectivity index (χ2n) is 9.23. The zero-order chi connectivity index (χ0) is 19.8. The maximum Gasteiger partial charge on any atom is 0.162 e. The monoisotopic (exact) mass is 364 g/mol. The molecule has 0 unspecified atom stereocenters. The van der Waals surface area contributed by atoms with Crippen molar-refractivity contribution in [3.63, 3.8) is 0 Å². The van der Waals surface area contributed by atoms with Gasteiger partial charge in [0.15, 0.2) is 5.82 Å². The molecule has 27 heavy (non-hydrogen) atoms. The molecule has 0 aliphatic rings. The molecule has 0 radical (unpaired) electrons. The highest BCUT2D eigenvalue weighted by molar-refractivity contribution is 5.79. The Morgan fingerprint density at radius 3 is 2.19 bits per heavy atom. The Balaban J connectivity index is 2.10. The van der Waals surface area contributed by atoms with E-state index in [-0.39, 0.29) is 11.2 Å². The van der Waals surface area contributed by atoms with Crippen LogP contribution in [0.1, 0.15) is 32.2 Å². The Labute approximate surface area is 162 Å². The van der Waals surface area contributed by atoms with E-state index in [1.165, 1.54) is 5.56 Å². The molecule has 3 rings (SSSR count). The van der Waals surface area contributed by atoms with Crippen molar-refractivity contribution in [2.24, 2.45) is 0 Å². The van der Waals surface area contributed by atoms with Crippen LogP contribution in [0.2, 0.25) is 0 Å². The number of hydrogen-bond donors (Lipinski definition) is 2. The molecule has 142 valence electrons. The average molecular weight is 365 g/mol. The highest BCUT2D eigenvalue weighted by Gasteiger charge is 2.19. The zero-order valence-electron chi connectivity index (χ0n) is 17.2. The van der Waals surface area contributed by atoms with Crippen LogP contribution in [-0.4, -0.2) is 40.7 Å². The van der Waals surface area contributed by atoms with Crippen molar-refractivity contribution >= 4 is 0 Å². The average Bonchev–Trinajstić information content (AvgIpc) is 2.96. The van der Waals surface area contributed by atoms with E-state index in [2.05, 4.69) is 71.2 Å². The van der Waals surface area contributed by atoms with Crippen molar-refractivity contribution in [3.05, 3.63) is 59.9 Å². The Hall–Kier alpha value is -2.59. The summed E-state index contributed by atoms with van der Waals surface area (Å²) in [5, 5.41) is 9.91. The van der Waals surface area contributed by atoms with E-state index in [4.69, 9.17) is 4.98 Å². The fourth-order valence-electron chi connectivity index (χ4n) is 3.15. The van der Waals surface area contributed by atoms with Crippen LogP contribution in [0.4, 0.5) is 0 Å². The molecule has 0 aliphatic heterocycles. The Bertz CT molecular complexity index is 925. The first-order chi connectivity index (χ1) is 12.5. The Morgan fingerprint density at radius 1 is 0.963 bits per heavy atom. The van der Waals surface area contributed by atoms with Crippen molar-refractivity contribution in [1.82, 2.24) is 9.97 Å². The van der Waals surface area contributed by atoms with Gasteiger partial charge in [-0.15, -0.1) is 0 Å². The molecule has 0 bridgehead atoms. The van der Waals surface area contributed by atoms with Crippen LogP contribution in [0.5, 0.6) is 5.75 Å². The maximum absolute atomic E-state index is 9.91. The second kappa shape index (κ2) is 6.86. The van der Waals surface area contributed by atoms with Gasteiger partial charge in [0.1, 0.15) is 12.3 Å². The molecule has 1 aromatic heterocycles. The predicted molar refractivity (Wildman–Crippen MR) is 112 cm³/mol. The number of H-pyrrole nitrogens is 1. The number of aromatic nitrogens is 2. The molecule has 2 aromatic carbocycles. The van der Waals surface area contributed by atoms with Gasteiger partial charge >= 0.3 is 0 Å². The lowest BCUT2D eigenvalue weighted by molar-refractivity contribution is -0.884. The molecule has 0 amide bonds. The van der Waals surface area contributed by atoms with Crippen molar-refractivity contribution in [2.75, 3.05) is 21.1 Å². The number of nitrogens with zero attached hydrogens (tertiary/aromatic N) is 2.